The number of benzene rings is 1. The van der Waals surface area contributed by atoms with Crippen LogP contribution in [0, 0.1) is 18.3 Å². The lowest BCUT2D eigenvalue weighted by atomic mass is 10.2. The Labute approximate surface area is 138 Å². The fourth-order valence-electron chi connectivity index (χ4n) is 1.97. The van der Waals surface area contributed by atoms with E-state index < -0.39 is 5.25 Å². The molecule has 0 spiro atoms. The maximum absolute atomic E-state index is 12.4. The second kappa shape index (κ2) is 7.61. The highest BCUT2D eigenvalue weighted by Crippen LogP contribution is 2.23. The molecule has 1 amide bonds. The Morgan fingerprint density at radius 2 is 2.22 bits per heavy atom. The van der Waals surface area contributed by atoms with Crippen molar-refractivity contribution in [1.82, 2.24) is 9.97 Å². The van der Waals surface area contributed by atoms with Crippen LogP contribution in [0.25, 0.3) is 0 Å². The number of aromatic amines is 1. The number of carbonyl (C=O) groups excluding carboxylic acids is 1. The lowest BCUT2D eigenvalue weighted by molar-refractivity contribution is -0.115. The third kappa shape index (κ3) is 4.44. The van der Waals surface area contributed by atoms with Gasteiger partial charge in [0.15, 0.2) is 5.16 Å². The standard InChI is InChI=1S/C16H16N4O2S/c1-3-13(23-16-18-10(2)8-14(21)20-16)15(22)19-12-7-5-4-6-11(12)9-17/h4-8,13H,3H2,1-2H3,(H,19,22)(H,18,20,21). The van der Waals surface area contributed by atoms with Gasteiger partial charge in [0.1, 0.15) is 6.07 Å². The van der Waals surface area contributed by atoms with E-state index in [0.717, 1.165) is 0 Å². The molecule has 1 unspecified atom stereocenters. The van der Waals surface area contributed by atoms with E-state index in [1.807, 2.05) is 13.0 Å². The molecule has 2 rings (SSSR count). The van der Waals surface area contributed by atoms with Crippen LogP contribution in [0.3, 0.4) is 0 Å². The smallest absolute Gasteiger partial charge is 0.251 e. The number of rotatable bonds is 5. The first-order valence-electron chi connectivity index (χ1n) is 7.08. The van der Waals surface area contributed by atoms with Crippen molar-refractivity contribution in [3.05, 3.63) is 51.9 Å². The number of nitrogens with zero attached hydrogens (tertiary/aromatic N) is 2. The zero-order chi connectivity index (χ0) is 16.8. The Morgan fingerprint density at radius 1 is 1.48 bits per heavy atom. The number of anilines is 1. The van der Waals surface area contributed by atoms with Crippen LogP contribution in [0.4, 0.5) is 5.69 Å². The molecule has 0 aliphatic carbocycles. The van der Waals surface area contributed by atoms with Crippen molar-refractivity contribution in [3.63, 3.8) is 0 Å². The van der Waals surface area contributed by atoms with Crippen molar-refractivity contribution in [1.29, 1.82) is 5.26 Å². The van der Waals surface area contributed by atoms with Crippen molar-refractivity contribution in [2.45, 2.75) is 30.7 Å². The quantitative estimate of drug-likeness (QED) is 0.649. The summed E-state index contributed by atoms with van der Waals surface area (Å²) >= 11 is 1.20. The Morgan fingerprint density at radius 3 is 2.87 bits per heavy atom. The number of para-hydroxylation sites is 1. The van der Waals surface area contributed by atoms with Gasteiger partial charge in [0.25, 0.3) is 5.56 Å². The van der Waals surface area contributed by atoms with E-state index >= 15 is 0 Å². The zero-order valence-corrected chi connectivity index (χ0v) is 13.6. The highest BCUT2D eigenvalue weighted by molar-refractivity contribution is 8.00. The molecule has 0 saturated carbocycles. The molecule has 0 bridgehead atoms. The third-order valence-corrected chi connectivity index (χ3v) is 4.32. The summed E-state index contributed by atoms with van der Waals surface area (Å²) < 4.78 is 0. The molecule has 7 heteroatoms. The van der Waals surface area contributed by atoms with Gasteiger partial charge in [-0.25, -0.2) is 4.98 Å². The second-order valence-corrected chi connectivity index (χ2v) is 6.04. The minimum atomic E-state index is -0.424. The number of carbonyl (C=O) groups is 1. The first-order valence-corrected chi connectivity index (χ1v) is 7.96. The van der Waals surface area contributed by atoms with E-state index in [0.29, 0.717) is 28.5 Å². The van der Waals surface area contributed by atoms with E-state index in [2.05, 4.69) is 15.3 Å². The molecule has 0 aliphatic rings. The van der Waals surface area contributed by atoms with E-state index in [4.69, 9.17) is 5.26 Å². The molecule has 2 N–H and O–H groups in total. The molecular weight excluding hydrogens is 312 g/mol. The monoisotopic (exact) mass is 328 g/mol. The minimum Gasteiger partial charge on any atom is -0.324 e. The number of aryl methyl sites for hydroxylation is 1. The lowest BCUT2D eigenvalue weighted by Crippen LogP contribution is -2.25. The van der Waals surface area contributed by atoms with E-state index in [-0.39, 0.29) is 11.5 Å². The highest BCUT2D eigenvalue weighted by atomic mass is 32.2. The fraction of sp³-hybridized carbons (Fsp3) is 0.250. The van der Waals surface area contributed by atoms with Crippen molar-refractivity contribution in [2.24, 2.45) is 0 Å². The van der Waals surface area contributed by atoms with Gasteiger partial charge in [-0.2, -0.15) is 5.26 Å². The van der Waals surface area contributed by atoms with Gasteiger partial charge in [0.05, 0.1) is 16.5 Å². The zero-order valence-electron chi connectivity index (χ0n) is 12.8. The molecule has 1 atom stereocenters. The summed E-state index contributed by atoms with van der Waals surface area (Å²) in [6.45, 7) is 3.60. The minimum absolute atomic E-state index is 0.232. The maximum Gasteiger partial charge on any atom is 0.251 e. The summed E-state index contributed by atoms with van der Waals surface area (Å²) in [4.78, 5) is 30.7. The number of H-pyrrole nitrogens is 1. The molecule has 0 radical (unpaired) electrons. The van der Waals surface area contributed by atoms with Gasteiger partial charge in [-0.3, -0.25) is 9.59 Å². The van der Waals surface area contributed by atoms with Gasteiger partial charge >= 0.3 is 0 Å². The molecule has 1 aromatic heterocycles. The van der Waals surface area contributed by atoms with E-state index in [9.17, 15) is 9.59 Å². The molecule has 1 heterocycles. The average molecular weight is 328 g/mol. The van der Waals surface area contributed by atoms with Crippen LogP contribution in [-0.4, -0.2) is 21.1 Å². The maximum atomic E-state index is 12.4. The molecular formula is C16H16N4O2S. The summed E-state index contributed by atoms with van der Waals surface area (Å²) in [7, 11) is 0. The van der Waals surface area contributed by atoms with Crippen molar-refractivity contribution < 1.29 is 4.79 Å². The van der Waals surface area contributed by atoms with E-state index in [1.165, 1.54) is 17.8 Å². The van der Waals surface area contributed by atoms with Crippen LogP contribution < -0.4 is 10.9 Å². The Balaban J connectivity index is 2.15. The third-order valence-electron chi connectivity index (χ3n) is 3.07. The first kappa shape index (κ1) is 16.8. The van der Waals surface area contributed by atoms with Crippen molar-refractivity contribution in [3.8, 4) is 6.07 Å². The van der Waals surface area contributed by atoms with Crippen LogP contribution in [0.1, 0.15) is 24.6 Å². The number of thioether (sulfide) groups is 1. The van der Waals surface area contributed by atoms with Crippen LogP contribution in [-0.2, 0) is 4.79 Å². The highest BCUT2D eigenvalue weighted by Gasteiger charge is 2.20. The van der Waals surface area contributed by atoms with Crippen LogP contribution in [0.2, 0.25) is 0 Å². The van der Waals surface area contributed by atoms with Gasteiger partial charge in [-0.15, -0.1) is 0 Å². The number of nitriles is 1. The van der Waals surface area contributed by atoms with Crippen molar-refractivity contribution >= 4 is 23.4 Å². The molecule has 1 aromatic carbocycles. The number of nitrogens with one attached hydrogen (secondary N) is 2. The van der Waals surface area contributed by atoms with Gasteiger partial charge < -0.3 is 10.3 Å². The molecule has 0 aliphatic heterocycles. The summed E-state index contributed by atoms with van der Waals surface area (Å²) in [5.41, 5.74) is 1.24. The SMILES string of the molecule is CCC(Sc1nc(C)cc(=O)[nH]1)C(=O)Nc1ccccc1C#N. The Hall–Kier alpha value is -2.59. The Bertz CT molecular complexity index is 810. The molecule has 6 nitrogen and oxygen atoms in total. The molecule has 0 saturated heterocycles. The van der Waals surface area contributed by atoms with Crippen LogP contribution in [0.15, 0.2) is 40.3 Å². The molecule has 2 aromatic rings. The van der Waals surface area contributed by atoms with Crippen LogP contribution in [0.5, 0.6) is 0 Å². The topological polar surface area (TPSA) is 98.6 Å². The predicted octanol–water partition coefficient (Wildman–Crippen LogP) is 2.46. The molecule has 118 valence electrons. The summed E-state index contributed by atoms with van der Waals surface area (Å²) in [5, 5.41) is 11.8. The number of hydrogen-bond acceptors (Lipinski definition) is 5. The number of hydrogen-bond donors (Lipinski definition) is 2. The summed E-state index contributed by atoms with van der Waals surface area (Å²) in [5.74, 6) is -0.232. The number of aromatic nitrogens is 2. The first-order chi connectivity index (χ1) is 11.0. The largest absolute Gasteiger partial charge is 0.324 e. The predicted molar refractivity (Wildman–Crippen MR) is 89.3 cm³/mol. The summed E-state index contributed by atoms with van der Waals surface area (Å²) in [6.07, 6.45) is 0.558. The lowest BCUT2D eigenvalue weighted by Gasteiger charge is -2.14. The summed E-state index contributed by atoms with van der Waals surface area (Å²) in [6, 6.07) is 10.3. The van der Waals surface area contributed by atoms with Crippen molar-refractivity contribution in [2.75, 3.05) is 5.32 Å². The molecule has 23 heavy (non-hydrogen) atoms. The van der Waals surface area contributed by atoms with Crippen LogP contribution >= 0.6 is 11.8 Å². The van der Waals surface area contributed by atoms with E-state index in [1.54, 1.807) is 31.2 Å². The second-order valence-electron chi connectivity index (χ2n) is 4.85. The van der Waals surface area contributed by atoms with Gasteiger partial charge in [0, 0.05) is 11.8 Å². The van der Waals surface area contributed by atoms with Gasteiger partial charge in [0.2, 0.25) is 5.91 Å². The molecule has 0 fully saturated rings. The Kier molecular flexibility index (Phi) is 5.55. The normalized spacial score (nSPS) is 11.5. The number of amides is 1. The van der Waals surface area contributed by atoms with Gasteiger partial charge in [-0.1, -0.05) is 30.8 Å². The average Bonchev–Trinajstić information content (AvgIpc) is 2.52. The fourth-order valence-corrected chi connectivity index (χ4v) is 2.93. The van der Waals surface area contributed by atoms with Gasteiger partial charge in [-0.05, 0) is 25.5 Å².